The number of carbonyl (C=O) groups is 2. The fourth-order valence-corrected chi connectivity index (χ4v) is 3.40. The van der Waals surface area contributed by atoms with Gasteiger partial charge in [0.05, 0.1) is 0 Å². The van der Waals surface area contributed by atoms with Crippen molar-refractivity contribution in [3.63, 3.8) is 0 Å². The number of carboxylic acid groups (broad SMARTS) is 1. The van der Waals surface area contributed by atoms with Crippen LogP contribution in [0.4, 0.5) is 0 Å². The van der Waals surface area contributed by atoms with Crippen molar-refractivity contribution in [1.82, 2.24) is 4.90 Å². The summed E-state index contributed by atoms with van der Waals surface area (Å²) in [6.45, 7) is 1.43. The number of hydrogen-bond donors (Lipinski definition) is 1. The quantitative estimate of drug-likeness (QED) is 0.857. The Kier molecular flexibility index (Phi) is 5.02. The van der Waals surface area contributed by atoms with Gasteiger partial charge >= 0.3 is 5.97 Å². The molecule has 0 atom stereocenters. The first-order valence-electron chi connectivity index (χ1n) is 7.64. The Morgan fingerprint density at radius 1 is 1.20 bits per heavy atom. The van der Waals surface area contributed by atoms with E-state index >= 15 is 0 Å². The van der Waals surface area contributed by atoms with Crippen LogP contribution in [0.1, 0.15) is 51.4 Å². The number of carboxylic acids is 1. The van der Waals surface area contributed by atoms with Crippen LogP contribution in [-0.2, 0) is 14.3 Å². The molecule has 0 aromatic carbocycles. The highest BCUT2D eigenvalue weighted by atomic mass is 16.5. The molecule has 0 spiro atoms. The Bertz CT molecular complexity index is 357. The number of nitrogens with zero attached hydrogens (tertiary/aromatic N) is 1. The van der Waals surface area contributed by atoms with Crippen LogP contribution in [0.5, 0.6) is 0 Å². The van der Waals surface area contributed by atoms with E-state index in [1.165, 1.54) is 4.90 Å². The maximum Gasteiger partial charge on any atom is 0.329 e. The van der Waals surface area contributed by atoms with Crippen molar-refractivity contribution >= 4 is 11.9 Å². The molecule has 2 aliphatic rings. The molecule has 2 rings (SSSR count). The molecule has 1 amide bonds. The first-order valence-corrected chi connectivity index (χ1v) is 7.64. The molecule has 1 aliphatic carbocycles. The second kappa shape index (κ2) is 6.57. The molecular formula is C15H25NO4. The van der Waals surface area contributed by atoms with E-state index in [-0.39, 0.29) is 5.91 Å². The Hall–Kier alpha value is -1.10. The molecule has 5 heteroatoms. The maximum atomic E-state index is 12.4. The fourth-order valence-electron chi connectivity index (χ4n) is 3.40. The molecule has 0 aromatic rings. The van der Waals surface area contributed by atoms with Crippen molar-refractivity contribution in [2.45, 2.75) is 56.9 Å². The van der Waals surface area contributed by atoms with Crippen LogP contribution in [0.15, 0.2) is 0 Å². The van der Waals surface area contributed by atoms with Crippen molar-refractivity contribution in [2.24, 2.45) is 5.92 Å². The van der Waals surface area contributed by atoms with Gasteiger partial charge in [0.2, 0.25) is 5.91 Å². The molecule has 5 nitrogen and oxygen atoms in total. The van der Waals surface area contributed by atoms with Gasteiger partial charge in [0.15, 0.2) is 0 Å². The number of hydrogen-bond acceptors (Lipinski definition) is 3. The Morgan fingerprint density at radius 3 is 2.35 bits per heavy atom. The lowest BCUT2D eigenvalue weighted by atomic mass is 9.80. The van der Waals surface area contributed by atoms with Crippen LogP contribution in [0.3, 0.4) is 0 Å². The van der Waals surface area contributed by atoms with Gasteiger partial charge in [-0.25, -0.2) is 4.79 Å². The van der Waals surface area contributed by atoms with E-state index in [0.29, 0.717) is 38.4 Å². The first kappa shape index (κ1) is 15.3. The van der Waals surface area contributed by atoms with Crippen molar-refractivity contribution in [3.8, 4) is 0 Å². The summed E-state index contributed by atoms with van der Waals surface area (Å²) in [5.74, 6) is -0.533. The summed E-state index contributed by atoms with van der Waals surface area (Å²) < 4.78 is 5.30. The van der Waals surface area contributed by atoms with Crippen molar-refractivity contribution in [3.05, 3.63) is 0 Å². The number of ether oxygens (including phenoxy) is 1. The summed E-state index contributed by atoms with van der Waals surface area (Å²) in [7, 11) is 1.67. The van der Waals surface area contributed by atoms with Crippen LogP contribution < -0.4 is 0 Å². The van der Waals surface area contributed by atoms with E-state index in [2.05, 4.69) is 0 Å². The molecule has 1 N–H and O–H groups in total. The van der Waals surface area contributed by atoms with E-state index in [0.717, 1.165) is 32.1 Å². The van der Waals surface area contributed by atoms with Crippen LogP contribution >= 0.6 is 0 Å². The van der Waals surface area contributed by atoms with Gasteiger partial charge in [0, 0.05) is 26.7 Å². The zero-order valence-corrected chi connectivity index (χ0v) is 12.3. The zero-order valence-electron chi connectivity index (χ0n) is 12.3. The van der Waals surface area contributed by atoms with E-state index in [1.807, 2.05) is 0 Å². The monoisotopic (exact) mass is 283 g/mol. The molecule has 1 saturated carbocycles. The predicted molar refractivity (Wildman–Crippen MR) is 74.4 cm³/mol. The number of likely N-dealkylation sites (N-methyl/N-ethyl adjacent to an activating group) is 1. The van der Waals surface area contributed by atoms with E-state index in [4.69, 9.17) is 4.74 Å². The van der Waals surface area contributed by atoms with Gasteiger partial charge in [-0.2, -0.15) is 0 Å². The third-order valence-corrected chi connectivity index (χ3v) is 4.90. The summed E-state index contributed by atoms with van der Waals surface area (Å²) in [5, 5.41) is 9.60. The molecule has 0 bridgehead atoms. The number of amides is 1. The molecular weight excluding hydrogens is 258 g/mol. The summed E-state index contributed by atoms with van der Waals surface area (Å²) >= 11 is 0. The minimum atomic E-state index is -0.972. The van der Waals surface area contributed by atoms with E-state index < -0.39 is 11.5 Å². The third-order valence-electron chi connectivity index (χ3n) is 4.90. The van der Waals surface area contributed by atoms with E-state index in [9.17, 15) is 14.7 Å². The molecule has 1 aliphatic heterocycles. The standard InChI is InChI=1S/C15H25NO4/c1-16(13(17)11-12-5-9-20-10-6-12)15(14(18)19)7-3-2-4-8-15/h12H,2-11H2,1H3,(H,18,19). The van der Waals surface area contributed by atoms with Crippen LogP contribution in [0, 0.1) is 5.92 Å². The topological polar surface area (TPSA) is 66.8 Å². The first-order chi connectivity index (χ1) is 9.56. The van der Waals surface area contributed by atoms with Gasteiger partial charge in [0.1, 0.15) is 5.54 Å². The lowest BCUT2D eigenvalue weighted by Gasteiger charge is -2.41. The molecule has 0 radical (unpaired) electrons. The van der Waals surface area contributed by atoms with Gasteiger partial charge in [-0.15, -0.1) is 0 Å². The predicted octanol–water partition coefficient (Wildman–Crippen LogP) is 2.05. The van der Waals surface area contributed by atoms with Gasteiger partial charge in [-0.05, 0) is 31.6 Å². The van der Waals surface area contributed by atoms with Crippen LogP contribution in [-0.4, -0.2) is 47.7 Å². The minimum Gasteiger partial charge on any atom is -0.479 e. The number of rotatable bonds is 4. The smallest absolute Gasteiger partial charge is 0.329 e. The molecule has 20 heavy (non-hydrogen) atoms. The Morgan fingerprint density at radius 2 is 1.80 bits per heavy atom. The second-order valence-corrected chi connectivity index (χ2v) is 6.11. The molecule has 0 aromatic heterocycles. The van der Waals surface area contributed by atoms with Crippen LogP contribution in [0.25, 0.3) is 0 Å². The van der Waals surface area contributed by atoms with Gasteiger partial charge < -0.3 is 14.7 Å². The maximum absolute atomic E-state index is 12.4. The number of carbonyl (C=O) groups excluding carboxylic acids is 1. The molecule has 114 valence electrons. The zero-order chi connectivity index (χ0) is 14.6. The highest BCUT2D eigenvalue weighted by Gasteiger charge is 2.45. The molecule has 2 fully saturated rings. The van der Waals surface area contributed by atoms with Crippen molar-refractivity contribution < 1.29 is 19.4 Å². The molecule has 1 saturated heterocycles. The summed E-state index contributed by atoms with van der Waals surface area (Å²) in [6.07, 6.45) is 6.27. The highest BCUT2D eigenvalue weighted by molar-refractivity contribution is 5.87. The lowest BCUT2D eigenvalue weighted by Crippen LogP contribution is -2.56. The van der Waals surface area contributed by atoms with Crippen molar-refractivity contribution in [1.29, 1.82) is 0 Å². The molecule has 0 unspecified atom stereocenters. The fraction of sp³-hybridized carbons (Fsp3) is 0.867. The normalized spacial score (nSPS) is 23.2. The van der Waals surface area contributed by atoms with Crippen molar-refractivity contribution in [2.75, 3.05) is 20.3 Å². The van der Waals surface area contributed by atoms with E-state index in [1.54, 1.807) is 7.05 Å². The largest absolute Gasteiger partial charge is 0.479 e. The molecule has 1 heterocycles. The second-order valence-electron chi connectivity index (χ2n) is 6.11. The highest BCUT2D eigenvalue weighted by Crippen LogP contribution is 2.34. The Labute approximate surface area is 120 Å². The lowest BCUT2D eigenvalue weighted by molar-refractivity contribution is -0.161. The Balaban J connectivity index is 2.01. The van der Waals surface area contributed by atoms with Crippen LogP contribution in [0.2, 0.25) is 0 Å². The average Bonchev–Trinajstić information content (AvgIpc) is 2.48. The average molecular weight is 283 g/mol. The SMILES string of the molecule is CN(C(=O)CC1CCOCC1)C1(C(=O)O)CCCCC1. The minimum absolute atomic E-state index is 0.0267. The summed E-state index contributed by atoms with van der Waals surface area (Å²) in [4.78, 5) is 25.7. The van der Waals surface area contributed by atoms with Gasteiger partial charge in [-0.3, -0.25) is 4.79 Å². The van der Waals surface area contributed by atoms with Gasteiger partial charge in [-0.1, -0.05) is 19.3 Å². The number of aliphatic carboxylic acids is 1. The third kappa shape index (κ3) is 3.14. The van der Waals surface area contributed by atoms with Gasteiger partial charge in [0.25, 0.3) is 0 Å². The summed E-state index contributed by atoms with van der Waals surface area (Å²) in [6, 6.07) is 0. The summed E-state index contributed by atoms with van der Waals surface area (Å²) in [5.41, 5.74) is -0.972.